The first-order chi connectivity index (χ1) is 11.2. The third-order valence-corrected chi connectivity index (χ3v) is 5.58. The van der Waals surface area contributed by atoms with Crippen molar-refractivity contribution in [3.05, 3.63) is 28.8 Å². The lowest BCUT2D eigenvalue weighted by atomic mass is 10.1. The number of rotatable bonds is 6. The van der Waals surface area contributed by atoms with Crippen LogP contribution in [0.1, 0.15) is 36.5 Å². The van der Waals surface area contributed by atoms with Gasteiger partial charge in [-0.3, -0.25) is 4.18 Å². The van der Waals surface area contributed by atoms with Crippen LogP contribution in [0.3, 0.4) is 0 Å². The molecule has 2 rings (SSSR count). The average molecular weight is 356 g/mol. The highest BCUT2D eigenvalue weighted by atomic mass is 32.2. The molecule has 0 N–H and O–H groups in total. The first kappa shape index (κ1) is 18.9. The Morgan fingerprint density at radius 2 is 1.92 bits per heavy atom. The van der Waals surface area contributed by atoms with Crippen LogP contribution in [0.2, 0.25) is 0 Å². The molecule has 1 heterocycles. The van der Waals surface area contributed by atoms with E-state index >= 15 is 0 Å². The van der Waals surface area contributed by atoms with Gasteiger partial charge in [0.05, 0.1) is 11.0 Å². The lowest BCUT2D eigenvalue weighted by Gasteiger charge is -2.17. The van der Waals surface area contributed by atoms with Crippen molar-refractivity contribution >= 4 is 16.1 Å². The monoisotopic (exact) mass is 356 g/mol. The number of aryl methyl sites for hydroxylation is 3. The van der Waals surface area contributed by atoms with Gasteiger partial charge in [-0.1, -0.05) is 17.7 Å². The van der Waals surface area contributed by atoms with Gasteiger partial charge in [0.1, 0.15) is 6.61 Å². The van der Waals surface area contributed by atoms with E-state index in [0.717, 1.165) is 18.4 Å². The van der Waals surface area contributed by atoms with Crippen LogP contribution >= 0.6 is 0 Å². The van der Waals surface area contributed by atoms with E-state index in [0.29, 0.717) is 17.7 Å². The van der Waals surface area contributed by atoms with Crippen molar-refractivity contribution in [1.82, 2.24) is 0 Å². The molecule has 0 amide bonds. The number of carbonyl (C=O) groups is 1. The summed E-state index contributed by atoms with van der Waals surface area (Å²) in [5, 5.41) is 0. The Bertz CT molecular complexity index is 681. The van der Waals surface area contributed by atoms with Gasteiger partial charge >= 0.3 is 5.97 Å². The second-order valence-corrected chi connectivity index (χ2v) is 7.69. The number of hydrogen-bond acceptors (Lipinski definition) is 6. The topological polar surface area (TPSA) is 78.9 Å². The van der Waals surface area contributed by atoms with Crippen molar-refractivity contribution < 1.29 is 26.9 Å². The van der Waals surface area contributed by atoms with Crippen LogP contribution in [0.15, 0.2) is 17.0 Å². The zero-order chi connectivity index (χ0) is 17.9. The normalized spacial score (nSPS) is 19.2. The Morgan fingerprint density at radius 1 is 1.29 bits per heavy atom. The molecule has 0 spiro atoms. The predicted molar refractivity (Wildman–Crippen MR) is 88.3 cm³/mol. The van der Waals surface area contributed by atoms with Gasteiger partial charge in [-0.25, -0.2) is 4.79 Å². The molecule has 1 aromatic carbocycles. The summed E-state index contributed by atoms with van der Waals surface area (Å²) < 4.78 is 40.5. The first-order valence-electron chi connectivity index (χ1n) is 8.00. The lowest BCUT2D eigenvalue weighted by molar-refractivity contribution is -0.154. The second-order valence-electron chi connectivity index (χ2n) is 6.19. The van der Waals surface area contributed by atoms with Gasteiger partial charge in [0.25, 0.3) is 10.1 Å². The summed E-state index contributed by atoms with van der Waals surface area (Å²) in [6, 6.07) is 3.54. The molecule has 2 atom stereocenters. The van der Waals surface area contributed by atoms with E-state index in [1.807, 2.05) is 6.92 Å². The highest BCUT2D eigenvalue weighted by molar-refractivity contribution is 7.87. The molecule has 7 heteroatoms. The summed E-state index contributed by atoms with van der Waals surface area (Å²) in [6.07, 6.45) is 0.452. The summed E-state index contributed by atoms with van der Waals surface area (Å²) >= 11 is 0. The van der Waals surface area contributed by atoms with Gasteiger partial charge in [-0.05, 0) is 51.7 Å². The molecule has 0 radical (unpaired) electrons. The van der Waals surface area contributed by atoms with Crippen LogP contribution in [-0.2, 0) is 28.6 Å². The summed E-state index contributed by atoms with van der Waals surface area (Å²) in [5.74, 6) is -0.712. The fourth-order valence-electron chi connectivity index (χ4n) is 2.91. The molecule has 1 saturated heterocycles. The maximum Gasteiger partial charge on any atom is 0.336 e. The zero-order valence-corrected chi connectivity index (χ0v) is 15.3. The molecule has 0 aliphatic carbocycles. The Balaban J connectivity index is 2.04. The van der Waals surface area contributed by atoms with E-state index in [9.17, 15) is 13.2 Å². The Labute approximate surface area is 143 Å². The van der Waals surface area contributed by atoms with E-state index in [-0.39, 0.29) is 17.6 Å². The van der Waals surface area contributed by atoms with Gasteiger partial charge in [0.2, 0.25) is 0 Å². The highest BCUT2D eigenvalue weighted by Crippen LogP contribution is 2.24. The maximum absolute atomic E-state index is 12.5. The Hall–Kier alpha value is -1.44. The number of esters is 1. The van der Waals surface area contributed by atoms with Crippen LogP contribution < -0.4 is 0 Å². The molecular weight excluding hydrogens is 332 g/mol. The number of hydrogen-bond donors (Lipinski definition) is 0. The van der Waals surface area contributed by atoms with Crippen LogP contribution in [0.25, 0.3) is 0 Å². The molecule has 6 nitrogen and oxygen atoms in total. The smallest absolute Gasteiger partial charge is 0.336 e. The molecule has 1 fully saturated rings. The highest BCUT2D eigenvalue weighted by Gasteiger charge is 2.28. The maximum atomic E-state index is 12.5. The van der Waals surface area contributed by atoms with E-state index < -0.39 is 22.2 Å². The molecule has 1 aromatic rings. The summed E-state index contributed by atoms with van der Waals surface area (Å²) in [4.78, 5) is 12.1. The third kappa shape index (κ3) is 4.55. The van der Waals surface area contributed by atoms with Crippen molar-refractivity contribution in [2.45, 2.75) is 57.6 Å². The van der Waals surface area contributed by atoms with E-state index in [1.165, 1.54) is 6.92 Å². The standard InChI is InChI=1S/C17H24O6S/c1-11-8-12(2)16(13(3)9-11)24(19,20)23-14(4)17(18)22-10-15-6-5-7-21-15/h8-9,14-15H,5-7,10H2,1-4H3. The lowest BCUT2D eigenvalue weighted by Crippen LogP contribution is -2.29. The summed E-state index contributed by atoms with van der Waals surface area (Å²) in [7, 11) is -4.05. The Morgan fingerprint density at radius 3 is 2.46 bits per heavy atom. The van der Waals surface area contributed by atoms with E-state index in [4.69, 9.17) is 13.7 Å². The predicted octanol–water partition coefficient (Wildman–Crippen LogP) is 2.43. The number of ether oxygens (including phenoxy) is 2. The third-order valence-electron chi connectivity index (χ3n) is 3.89. The largest absolute Gasteiger partial charge is 0.461 e. The van der Waals surface area contributed by atoms with Gasteiger partial charge in [-0.2, -0.15) is 8.42 Å². The van der Waals surface area contributed by atoms with Crippen molar-refractivity contribution in [2.24, 2.45) is 0 Å². The molecule has 1 aliphatic rings. The quantitative estimate of drug-likeness (QED) is 0.575. The molecule has 1 aliphatic heterocycles. The molecule has 0 aromatic heterocycles. The number of carbonyl (C=O) groups excluding carboxylic acids is 1. The van der Waals surface area contributed by atoms with Gasteiger partial charge < -0.3 is 9.47 Å². The minimum Gasteiger partial charge on any atom is -0.461 e. The van der Waals surface area contributed by atoms with Crippen molar-refractivity contribution in [3.8, 4) is 0 Å². The minimum atomic E-state index is -4.05. The average Bonchev–Trinajstić information content (AvgIpc) is 2.95. The van der Waals surface area contributed by atoms with Crippen LogP contribution in [0.5, 0.6) is 0 Å². The Kier molecular flexibility index (Phi) is 6.01. The molecular formula is C17H24O6S. The van der Waals surface area contributed by atoms with Crippen LogP contribution in [0.4, 0.5) is 0 Å². The van der Waals surface area contributed by atoms with Crippen LogP contribution in [0, 0.1) is 20.8 Å². The first-order valence-corrected chi connectivity index (χ1v) is 9.41. The van der Waals surface area contributed by atoms with E-state index in [2.05, 4.69) is 0 Å². The van der Waals surface area contributed by atoms with Crippen molar-refractivity contribution in [2.75, 3.05) is 13.2 Å². The molecule has 0 bridgehead atoms. The van der Waals surface area contributed by atoms with Gasteiger partial charge in [0, 0.05) is 6.61 Å². The molecule has 24 heavy (non-hydrogen) atoms. The fraction of sp³-hybridized carbons (Fsp3) is 0.588. The molecule has 0 saturated carbocycles. The van der Waals surface area contributed by atoms with E-state index in [1.54, 1.807) is 26.0 Å². The summed E-state index contributed by atoms with van der Waals surface area (Å²) in [6.45, 7) is 7.45. The van der Waals surface area contributed by atoms with Crippen molar-refractivity contribution in [3.63, 3.8) is 0 Å². The van der Waals surface area contributed by atoms with Crippen LogP contribution in [-0.4, -0.2) is 39.8 Å². The molecule has 2 unspecified atom stereocenters. The zero-order valence-electron chi connectivity index (χ0n) is 14.5. The van der Waals surface area contributed by atoms with Gasteiger partial charge in [-0.15, -0.1) is 0 Å². The van der Waals surface area contributed by atoms with Crippen molar-refractivity contribution in [1.29, 1.82) is 0 Å². The fourth-order valence-corrected chi connectivity index (χ4v) is 4.37. The summed E-state index contributed by atoms with van der Waals surface area (Å²) in [5.41, 5.74) is 2.15. The minimum absolute atomic E-state index is 0.104. The SMILES string of the molecule is Cc1cc(C)c(S(=O)(=O)OC(C)C(=O)OCC2CCCO2)c(C)c1. The van der Waals surface area contributed by atoms with Gasteiger partial charge in [0.15, 0.2) is 6.10 Å². The second kappa shape index (κ2) is 7.63. The molecule has 134 valence electrons. The number of benzene rings is 1.